The number of hydrogen-bond donors (Lipinski definition) is 0. The van der Waals surface area contributed by atoms with E-state index in [4.69, 9.17) is 4.74 Å². The first-order valence-corrected chi connectivity index (χ1v) is 4.66. The van der Waals surface area contributed by atoms with Gasteiger partial charge < -0.3 is 4.74 Å². The van der Waals surface area contributed by atoms with Gasteiger partial charge in [0.05, 0.1) is 18.3 Å². The normalized spacial score (nSPS) is 25.0. The van der Waals surface area contributed by atoms with Gasteiger partial charge in [0.25, 0.3) is 0 Å². The van der Waals surface area contributed by atoms with E-state index in [1.807, 2.05) is 4.68 Å². The lowest BCUT2D eigenvalue weighted by Crippen LogP contribution is -2.06. The molecule has 0 aliphatic heterocycles. The van der Waals surface area contributed by atoms with E-state index in [1.165, 1.54) is 0 Å². The van der Waals surface area contributed by atoms with E-state index in [0.717, 1.165) is 18.4 Å². The van der Waals surface area contributed by atoms with Crippen LogP contribution in [0.1, 0.15) is 35.6 Å². The highest BCUT2D eigenvalue weighted by molar-refractivity contribution is 5.73. The van der Waals surface area contributed by atoms with Crippen LogP contribution in [-0.4, -0.2) is 28.4 Å². The number of hydrogen-bond acceptors (Lipinski definition) is 4. The van der Waals surface area contributed by atoms with Gasteiger partial charge in [-0.25, -0.2) is 4.68 Å². The highest BCUT2D eigenvalue weighted by atomic mass is 16.5. The summed E-state index contributed by atoms with van der Waals surface area (Å²) in [4.78, 5) is 10.7. The van der Waals surface area contributed by atoms with E-state index in [9.17, 15) is 4.79 Å². The molecule has 0 N–H and O–H groups in total. The second-order valence-corrected chi connectivity index (χ2v) is 3.70. The van der Waals surface area contributed by atoms with Gasteiger partial charge in [0, 0.05) is 7.11 Å². The Morgan fingerprint density at radius 1 is 1.71 bits per heavy atom. The molecule has 0 aromatic carbocycles. The lowest BCUT2D eigenvalue weighted by atomic mass is 10.3. The maximum atomic E-state index is 10.7. The number of aldehydes is 1. The van der Waals surface area contributed by atoms with Crippen LogP contribution in [0.4, 0.5) is 0 Å². The summed E-state index contributed by atoms with van der Waals surface area (Å²) < 4.78 is 6.84. The molecule has 2 unspecified atom stereocenters. The van der Waals surface area contributed by atoms with Crippen LogP contribution in [0, 0.1) is 5.92 Å². The van der Waals surface area contributed by atoms with Gasteiger partial charge in [-0.2, -0.15) is 0 Å². The summed E-state index contributed by atoms with van der Waals surface area (Å²) in [5, 5.41) is 7.79. The van der Waals surface area contributed by atoms with Gasteiger partial charge in [0.2, 0.25) is 0 Å². The van der Waals surface area contributed by atoms with Crippen molar-refractivity contribution in [3.05, 3.63) is 11.4 Å². The molecule has 1 fully saturated rings. The fourth-order valence-electron chi connectivity index (χ4n) is 1.60. The summed E-state index contributed by atoms with van der Waals surface area (Å²) in [5.41, 5.74) is 1.18. The zero-order valence-electron chi connectivity index (χ0n) is 8.30. The number of rotatable bonds is 4. The second-order valence-electron chi connectivity index (χ2n) is 3.70. The number of aromatic nitrogens is 3. The largest absolute Gasteiger partial charge is 0.378 e. The molecule has 0 bridgehead atoms. The Bertz CT molecular complexity index is 348. The minimum Gasteiger partial charge on any atom is -0.378 e. The van der Waals surface area contributed by atoms with Crippen LogP contribution in [0.2, 0.25) is 0 Å². The van der Waals surface area contributed by atoms with Crippen LogP contribution in [0.25, 0.3) is 0 Å². The lowest BCUT2D eigenvalue weighted by Gasteiger charge is -2.03. The third-order valence-electron chi connectivity index (χ3n) is 2.59. The molecule has 1 aliphatic rings. The molecular formula is C9H13N3O2. The molecule has 1 aromatic heterocycles. The van der Waals surface area contributed by atoms with Crippen LogP contribution < -0.4 is 0 Å². The van der Waals surface area contributed by atoms with Crippen LogP contribution in [0.15, 0.2) is 0 Å². The molecule has 5 heteroatoms. The van der Waals surface area contributed by atoms with Gasteiger partial charge in [-0.05, 0) is 12.3 Å². The van der Waals surface area contributed by atoms with E-state index in [0.29, 0.717) is 24.3 Å². The van der Waals surface area contributed by atoms with Crippen LogP contribution in [0.5, 0.6) is 0 Å². The average molecular weight is 195 g/mol. The second kappa shape index (κ2) is 3.49. The van der Waals surface area contributed by atoms with Crippen molar-refractivity contribution in [2.45, 2.75) is 26.0 Å². The number of nitrogens with zero attached hydrogens (tertiary/aromatic N) is 3. The molecule has 2 atom stereocenters. The van der Waals surface area contributed by atoms with E-state index < -0.39 is 0 Å². The van der Waals surface area contributed by atoms with E-state index in [2.05, 4.69) is 17.2 Å². The summed E-state index contributed by atoms with van der Waals surface area (Å²) in [7, 11) is 1.60. The third kappa shape index (κ3) is 1.43. The highest BCUT2D eigenvalue weighted by Crippen LogP contribution is 2.42. The van der Waals surface area contributed by atoms with Crippen LogP contribution in [0.3, 0.4) is 0 Å². The molecule has 14 heavy (non-hydrogen) atoms. The zero-order chi connectivity index (χ0) is 10.1. The van der Waals surface area contributed by atoms with E-state index in [1.54, 1.807) is 7.11 Å². The molecule has 1 aromatic rings. The van der Waals surface area contributed by atoms with Crippen LogP contribution in [-0.2, 0) is 11.3 Å². The van der Waals surface area contributed by atoms with Crippen LogP contribution >= 0.6 is 0 Å². The van der Waals surface area contributed by atoms with Crippen molar-refractivity contribution >= 4 is 6.29 Å². The Kier molecular flexibility index (Phi) is 2.33. The first kappa shape index (κ1) is 9.33. The monoisotopic (exact) mass is 195 g/mol. The first-order valence-electron chi connectivity index (χ1n) is 4.66. The Labute approximate surface area is 82.1 Å². The molecule has 1 heterocycles. The van der Waals surface area contributed by atoms with Gasteiger partial charge in [-0.3, -0.25) is 4.79 Å². The molecule has 1 aliphatic carbocycles. The van der Waals surface area contributed by atoms with Crippen molar-refractivity contribution in [3.8, 4) is 0 Å². The molecule has 0 saturated heterocycles. The van der Waals surface area contributed by atoms with Crippen molar-refractivity contribution in [2.75, 3.05) is 7.11 Å². The quantitative estimate of drug-likeness (QED) is 0.667. The number of carbonyl (C=O) groups is 1. The summed E-state index contributed by atoms with van der Waals surface area (Å²) in [6, 6.07) is 0.404. The van der Waals surface area contributed by atoms with Gasteiger partial charge in [0.1, 0.15) is 0 Å². The smallest absolute Gasteiger partial charge is 0.172 e. The van der Waals surface area contributed by atoms with Crippen molar-refractivity contribution in [1.29, 1.82) is 0 Å². The Balaban J connectivity index is 2.29. The maximum absolute atomic E-state index is 10.7. The van der Waals surface area contributed by atoms with Gasteiger partial charge >= 0.3 is 0 Å². The predicted octanol–water partition coefficient (Wildman–Crippen LogP) is 0.818. The van der Waals surface area contributed by atoms with Gasteiger partial charge in [-0.15, -0.1) is 5.10 Å². The summed E-state index contributed by atoms with van der Waals surface area (Å²) >= 11 is 0. The summed E-state index contributed by atoms with van der Waals surface area (Å²) in [6.07, 6.45) is 1.84. The third-order valence-corrected chi connectivity index (χ3v) is 2.59. The number of ether oxygens (including phenoxy) is 1. The minimum atomic E-state index is 0.393. The SMILES string of the molecule is COCc1c(C=O)nnn1C1CC1C. The van der Waals surface area contributed by atoms with E-state index >= 15 is 0 Å². The first-order chi connectivity index (χ1) is 6.77. The molecule has 0 radical (unpaired) electrons. The number of carbonyl (C=O) groups excluding carboxylic acids is 1. The van der Waals surface area contributed by atoms with Crippen molar-refractivity contribution < 1.29 is 9.53 Å². The Hall–Kier alpha value is -1.23. The maximum Gasteiger partial charge on any atom is 0.172 e. The lowest BCUT2D eigenvalue weighted by molar-refractivity contribution is 0.111. The predicted molar refractivity (Wildman–Crippen MR) is 48.9 cm³/mol. The molecular weight excluding hydrogens is 182 g/mol. The molecule has 0 amide bonds. The molecule has 1 saturated carbocycles. The molecule has 76 valence electrons. The van der Waals surface area contributed by atoms with E-state index in [-0.39, 0.29) is 0 Å². The van der Waals surface area contributed by atoms with Crippen molar-refractivity contribution in [1.82, 2.24) is 15.0 Å². The topological polar surface area (TPSA) is 57.0 Å². The zero-order valence-corrected chi connectivity index (χ0v) is 8.30. The number of methoxy groups -OCH3 is 1. The summed E-state index contributed by atoms with van der Waals surface area (Å²) in [6.45, 7) is 2.55. The minimum absolute atomic E-state index is 0.393. The Morgan fingerprint density at radius 2 is 2.43 bits per heavy atom. The highest BCUT2D eigenvalue weighted by Gasteiger charge is 2.37. The van der Waals surface area contributed by atoms with Gasteiger partial charge in [0.15, 0.2) is 12.0 Å². The molecule has 5 nitrogen and oxygen atoms in total. The standard InChI is InChI=1S/C9H13N3O2/c1-6-3-8(6)12-9(5-14-2)7(4-13)10-11-12/h4,6,8H,3,5H2,1-2H3. The van der Waals surface area contributed by atoms with Crippen molar-refractivity contribution in [3.63, 3.8) is 0 Å². The molecule has 0 spiro atoms. The molecule has 2 rings (SSSR count). The summed E-state index contributed by atoms with van der Waals surface area (Å²) in [5.74, 6) is 0.631. The van der Waals surface area contributed by atoms with Gasteiger partial charge in [-0.1, -0.05) is 12.1 Å². The average Bonchev–Trinajstić information content (AvgIpc) is 2.77. The fourth-order valence-corrected chi connectivity index (χ4v) is 1.60. The van der Waals surface area contributed by atoms with Crippen molar-refractivity contribution in [2.24, 2.45) is 5.92 Å². The Morgan fingerprint density at radius 3 is 2.93 bits per heavy atom. The fraction of sp³-hybridized carbons (Fsp3) is 0.667.